The van der Waals surface area contributed by atoms with E-state index in [-0.39, 0.29) is 17.4 Å². The van der Waals surface area contributed by atoms with Crippen molar-refractivity contribution in [1.82, 2.24) is 10.3 Å². The zero-order valence-corrected chi connectivity index (χ0v) is 13.9. The quantitative estimate of drug-likeness (QED) is 0.805. The van der Waals surface area contributed by atoms with Gasteiger partial charge < -0.3 is 10.4 Å². The van der Waals surface area contributed by atoms with Gasteiger partial charge in [-0.3, -0.25) is 9.78 Å². The van der Waals surface area contributed by atoms with E-state index in [9.17, 15) is 9.90 Å². The number of nitrogens with one attached hydrogen (secondary N) is 1. The summed E-state index contributed by atoms with van der Waals surface area (Å²) in [5.74, 6) is -0.135. The number of para-hydroxylation sites is 1. The van der Waals surface area contributed by atoms with E-state index in [2.05, 4.69) is 10.3 Å². The van der Waals surface area contributed by atoms with Crippen molar-refractivity contribution >= 4 is 22.9 Å². The van der Waals surface area contributed by atoms with Gasteiger partial charge in [-0.1, -0.05) is 32.0 Å². The van der Waals surface area contributed by atoms with Crippen LogP contribution in [0, 0.1) is 5.41 Å². The lowest BCUT2D eigenvalue weighted by molar-refractivity contribution is -0.117. The standard InChI is InChI=1S/C19H24N2O2/c1-14(22)12-19(2,3)13-21-18(23)9-8-15-10-11-20-17-7-5-4-6-16(15)17/h4-11,14,22H,12-13H2,1-3H3,(H,21,23). The molecule has 4 heteroatoms. The first-order valence-electron chi connectivity index (χ1n) is 7.85. The molecule has 0 fully saturated rings. The van der Waals surface area contributed by atoms with Gasteiger partial charge in [-0.25, -0.2) is 0 Å². The molecule has 1 atom stereocenters. The highest BCUT2D eigenvalue weighted by molar-refractivity contribution is 5.95. The van der Waals surface area contributed by atoms with Crippen LogP contribution in [0.1, 0.15) is 32.8 Å². The molecular weight excluding hydrogens is 288 g/mol. The van der Waals surface area contributed by atoms with Gasteiger partial charge in [0.25, 0.3) is 0 Å². The van der Waals surface area contributed by atoms with Crippen molar-refractivity contribution in [2.45, 2.75) is 33.3 Å². The second-order valence-corrected chi connectivity index (χ2v) is 6.69. The van der Waals surface area contributed by atoms with Crippen LogP contribution in [0.3, 0.4) is 0 Å². The van der Waals surface area contributed by atoms with Crippen molar-refractivity contribution in [1.29, 1.82) is 0 Å². The summed E-state index contributed by atoms with van der Waals surface area (Å²) in [5, 5.41) is 13.4. The average Bonchev–Trinajstić information content (AvgIpc) is 2.49. The number of amides is 1. The monoisotopic (exact) mass is 312 g/mol. The van der Waals surface area contributed by atoms with Crippen molar-refractivity contribution in [3.8, 4) is 0 Å². The smallest absolute Gasteiger partial charge is 0.244 e. The maximum Gasteiger partial charge on any atom is 0.244 e. The summed E-state index contributed by atoms with van der Waals surface area (Å²) >= 11 is 0. The molecule has 0 radical (unpaired) electrons. The molecule has 0 aliphatic heterocycles. The molecule has 23 heavy (non-hydrogen) atoms. The van der Waals surface area contributed by atoms with Crippen molar-refractivity contribution in [3.63, 3.8) is 0 Å². The van der Waals surface area contributed by atoms with Crippen LogP contribution in [-0.2, 0) is 4.79 Å². The zero-order valence-electron chi connectivity index (χ0n) is 13.9. The van der Waals surface area contributed by atoms with Gasteiger partial charge in [-0.2, -0.15) is 0 Å². The third-order valence-electron chi connectivity index (χ3n) is 3.69. The van der Waals surface area contributed by atoms with Crippen LogP contribution in [0.25, 0.3) is 17.0 Å². The van der Waals surface area contributed by atoms with Crippen molar-refractivity contribution < 1.29 is 9.90 Å². The third kappa shape index (κ3) is 5.18. The summed E-state index contributed by atoms with van der Waals surface area (Å²) < 4.78 is 0. The Morgan fingerprint density at radius 1 is 1.35 bits per heavy atom. The lowest BCUT2D eigenvalue weighted by atomic mass is 9.87. The SMILES string of the molecule is CC(O)CC(C)(C)CNC(=O)C=Cc1ccnc2ccccc12. The highest BCUT2D eigenvalue weighted by Gasteiger charge is 2.20. The van der Waals surface area contributed by atoms with E-state index in [0.29, 0.717) is 13.0 Å². The number of pyridine rings is 1. The minimum Gasteiger partial charge on any atom is -0.393 e. The van der Waals surface area contributed by atoms with Gasteiger partial charge in [0.2, 0.25) is 5.91 Å². The van der Waals surface area contributed by atoms with Gasteiger partial charge in [0, 0.05) is 24.2 Å². The molecular formula is C19H24N2O2. The molecule has 0 saturated carbocycles. The Bertz CT molecular complexity index is 700. The van der Waals surface area contributed by atoms with Crippen molar-refractivity contribution in [2.75, 3.05) is 6.54 Å². The van der Waals surface area contributed by atoms with Gasteiger partial charge in [0.05, 0.1) is 11.6 Å². The lowest BCUT2D eigenvalue weighted by Crippen LogP contribution is -2.34. The Morgan fingerprint density at radius 3 is 2.83 bits per heavy atom. The first-order valence-corrected chi connectivity index (χ1v) is 7.85. The molecule has 0 spiro atoms. The van der Waals surface area contributed by atoms with Crippen LogP contribution in [0.15, 0.2) is 42.6 Å². The molecule has 4 nitrogen and oxygen atoms in total. The molecule has 1 aromatic heterocycles. The minimum absolute atomic E-state index is 0.135. The molecule has 0 saturated heterocycles. The number of carbonyl (C=O) groups is 1. The molecule has 0 bridgehead atoms. The topological polar surface area (TPSA) is 62.2 Å². The van der Waals surface area contributed by atoms with Gasteiger partial charge >= 0.3 is 0 Å². The molecule has 2 N–H and O–H groups in total. The zero-order chi connectivity index (χ0) is 16.9. The molecule has 2 rings (SSSR count). The van der Waals surface area contributed by atoms with Gasteiger partial charge in [0.15, 0.2) is 0 Å². The molecule has 1 unspecified atom stereocenters. The van der Waals surface area contributed by atoms with E-state index in [1.54, 1.807) is 25.3 Å². The minimum atomic E-state index is -0.374. The van der Waals surface area contributed by atoms with Crippen LogP contribution in [0.5, 0.6) is 0 Å². The first-order chi connectivity index (χ1) is 10.9. The van der Waals surface area contributed by atoms with Crippen molar-refractivity contribution in [3.05, 3.63) is 48.2 Å². The fourth-order valence-corrected chi connectivity index (χ4v) is 2.69. The van der Waals surface area contributed by atoms with Gasteiger partial charge in [-0.15, -0.1) is 0 Å². The van der Waals surface area contributed by atoms with E-state index >= 15 is 0 Å². The van der Waals surface area contributed by atoms with E-state index in [1.807, 2.05) is 44.2 Å². The van der Waals surface area contributed by atoms with Crippen LogP contribution < -0.4 is 5.32 Å². The fourth-order valence-electron chi connectivity index (χ4n) is 2.69. The predicted octanol–water partition coefficient (Wildman–Crippen LogP) is 3.16. The Hall–Kier alpha value is -2.20. The summed E-state index contributed by atoms with van der Waals surface area (Å²) in [7, 11) is 0. The maximum atomic E-state index is 12.0. The number of hydrogen-bond acceptors (Lipinski definition) is 3. The molecule has 122 valence electrons. The number of hydrogen-bond donors (Lipinski definition) is 2. The van der Waals surface area contributed by atoms with Crippen molar-refractivity contribution in [2.24, 2.45) is 5.41 Å². The third-order valence-corrected chi connectivity index (χ3v) is 3.69. The Balaban J connectivity index is 2.01. The number of fused-ring (bicyclic) bond motifs is 1. The molecule has 1 amide bonds. The average molecular weight is 312 g/mol. The maximum absolute atomic E-state index is 12.0. The summed E-state index contributed by atoms with van der Waals surface area (Å²) in [6, 6.07) is 9.74. The Kier molecular flexibility index (Phi) is 5.50. The summed E-state index contributed by atoms with van der Waals surface area (Å²) in [6.45, 7) is 6.34. The second-order valence-electron chi connectivity index (χ2n) is 6.69. The molecule has 0 aliphatic rings. The number of nitrogens with zero attached hydrogens (tertiary/aromatic N) is 1. The van der Waals surface area contributed by atoms with Gasteiger partial charge in [0.1, 0.15) is 0 Å². The number of carbonyl (C=O) groups excluding carboxylic acids is 1. The Labute approximate surface area is 137 Å². The largest absolute Gasteiger partial charge is 0.393 e. The Morgan fingerprint density at radius 2 is 2.09 bits per heavy atom. The first kappa shape index (κ1) is 17.2. The number of rotatable bonds is 6. The number of aromatic nitrogens is 1. The van der Waals surface area contributed by atoms with Crippen LogP contribution in [-0.4, -0.2) is 28.6 Å². The van der Waals surface area contributed by atoms with Crippen LogP contribution in [0.2, 0.25) is 0 Å². The molecule has 1 aromatic carbocycles. The molecule has 2 aromatic rings. The molecule has 1 heterocycles. The van der Waals surface area contributed by atoms with E-state index < -0.39 is 0 Å². The van der Waals surface area contributed by atoms with E-state index in [1.165, 1.54) is 0 Å². The predicted molar refractivity (Wildman–Crippen MR) is 93.9 cm³/mol. The summed E-state index contributed by atoms with van der Waals surface area (Å²) in [4.78, 5) is 16.3. The number of aliphatic hydroxyl groups excluding tert-OH is 1. The number of aliphatic hydroxyl groups is 1. The van der Waals surface area contributed by atoms with E-state index in [0.717, 1.165) is 16.5 Å². The molecule has 0 aliphatic carbocycles. The van der Waals surface area contributed by atoms with E-state index in [4.69, 9.17) is 0 Å². The normalized spacial score (nSPS) is 13.4. The van der Waals surface area contributed by atoms with Crippen LogP contribution in [0.4, 0.5) is 0 Å². The summed E-state index contributed by atoms with van der Waals surface area (Å²) in [5.41, 5.74) is 1.74. The second kappa shape index (κ2) is 7.38. The summed E-state index contributed by atoms with van der Waals surface area (Å²) in [6.07, 6.45) is 5.36. The lowest BCUT2D eigenvalue weighted by Gasteiger charge is -2.26. The fraction of sp³-hybridized carbons (Fsp3) is 0.368. The highest BCUT2D eigenvalue weighted by atomic mass is 16.3. The number of benzene rings is 1. The van der Waals surface area contributed by atoms with Gasteiger partial charge in [-0.05, 0) is 42.5 Å². The van der Waals surface area contributed by atoms with Crippen LogP contribution >= 0.6 is 0 Å². The highest BCUT2D eigenvalue weighted by Crippen LogP contribution is 2.21.